The summed E-state index contributed by atoms with van der Waals surface area (Å²) in [5.74, 6) is 0. The highest BCUT2D eigenvalue weighted by Crippen LogP contribution is 2.35. The molecular weight excluding hydrogens is 316 g/mol. The first kappa shape index (κ1) is 16.9. The number of non-ortho nitro benzene ring substituents is 2. The first-order valence-corrected chi connectivity index (χ1v) is 6.82. The van der Waals surface area contributed by atoms with Crippen LogP contribution in [0.25, 0.3) is 0 Å². The molecule has 0 spiro atoms. The number of amides is 2. The van der Waals surface area contributed by atoms with Crippen molar-refractivity contribution in [2.75, 3.05) is 4.90 Å². The van der Waals surface area contributed by atoms with Gasteiger partial charge in [-0.15, -0.1) is 0 Å². The molecule has 0 bridgehead atoms. The predicted octanol–water partition coefficient (Wildman–Crippen LogP) is 3.34. The zero-order valence-electron chi connectivity index (χ0n) is 12.9. The Bertz CT molecular complexity index is 786. The minimum absolute atomic E-state index is 0.195. The molecule has 0 aliphatic carbocycles. The number of urea groups is 1. The lowest BCUT2D eigenvalue weighted by atomic mass is 10.1. The van der Waals surface area contributed by atoms with E-state index in [0.717, 1.165) is 4.90 Å². The number of primary amides is 1. The van der Waals surface area contributed by atoms with Crippen molar-refractivity contribution in [1.29, 1.82) is 0 Å². The van der Waals surface area contributed by atoms with Crippen LogP contribution in [0.3, 0.4) is 0 Å². The maximum absolute atomic E-state index is 12.0. The molecule has 0 aliphatic heterocycles. The third-order valence-corrected chi connectivity index (χ3v) is 3.51. The molecule has 124 valence electrons. The van der Waals surface area contributed by atoms with Crippen molar-refractivity contribution >= 4 is 28.8 Å². The van der Waals surface area contributed by atoms with E-state index in [1.54, 1.807) is 13.8 Å². The number of carbonyl (C=O) groups excluding carboxylic acids is 1. The standard InChI is InChI=1S/C15H14N4O5/c1-9-3-5-11(18(21)22)7-13(9)17(15(16)20)14-8-12(19(23)24)6-4-10(14)2/h3-8H,1-2H3,(H2,16,20). The van der Waals surface area contributed by atoms with Crippen LogP contribution in [0.1, 0.15) is 11.1 Å². The molecule has 24 heavy (non-hydrogen) atoms. The Balaban J connectivity index is 2.70. The highest BCUT2D eigenvalue weighted by atomic mass is 16.6. The maximum atomic E-state index is 12.0. The Morgan fingerprint density at radius 3 is 1.58 bits per heavy atom. The van der Waals surface area contributed by atoms with Crippen LogP contribution in [0.15, 0.2) is 36.4 Å². The van der Waals surface area contributed by atoms with E-state index < -0.39 is 15.9 Å². The van der Waals surface area contributed by atoms with E-state index in [-0.39, 0.29) is 22.7 Å². The molecule has 0 radical (unpaired) electrons. The molecule has 0 saturated heterocycles. The Hall–Kier alpha value is -3.49. The van der Waals surface area contributed by atoms with Gasteiger partial charge in [-0.2, -0.15) is 0 Å². The molecule has 0 unspecified atom stereocenters. The van der Waals surface area contributed by atoms with E-state index in [9.17, 15) is 25.0 Å². The highest BCUT2D eigenvalue weighted by molar-refractivity contribution is 6.00. The first-order valence-electron chi connectivity index (χ1n) is 6.82. The van der Waals surface area contributed by atoms with E-state index in [1.807, 2.05) is 0 Å². The van der Waals surface area contributed by atoms with E-state index >= 15 is 0 Å². The van der Waals surface area contributed by atoms with Crippen LogP contribution in [0, 0.1) is 34.1 Å². The van der Waals surface area contributed by atoms with Crippen LogP contribution in [0.4, 0.5) is 27.5 Å². The van der Waals surface area contributed by atoms with Crippen LogP contribution < -0.4 is 10.6 Å². The van der Waals surface area contributed by atoms with Crippen molar-refractivity contribution in [2.24, 2.45) is 5.73 Å². The minimum Gasteiger partial charge on any atom is -0.351 e. The molecule has 0 saturated carbocycles. The van der Waals surface area contributed by atoms with Gasteiger partial charge in [-0.3, -0.25) is 25.1 Å². The van der Waals surface area contributed by atoms with Crippen molar-refractivity contribution in [3.8, 4) is 0 Å². The number of rotatable bonds is 4. The van der Waals surface area contributed by atoms with Gasteiger partial charge in [0.15, 0.2) is 0 Å². The van der Waals surface area contributed by atoms with Gasteiger partial charge in [-0.25, -0.2) is 4.79 Å². The minimum atomic E-state index is -0.901. The Morgan fingerprint density at radius 2 is 1.29 bits per heavy atom. The van der Waals surface area contributed by atoms with Gasteiger partial charge in [-0.1, -0.05) is 12.1 Å². The second kappa shape index (κ2) is 6.32. The number of carbonyl (C=O) groups is 1. The molecule has 0 fully saturated rings. The molecule has 0 heterocycles. The van der Waals surface area contributed by atoms with Crippen molar-refractivity contribution < 1.29 is 14.6 Å². The van der Waals surface area contributed by atoms with Gasteiger partial charge in [-0.05, 0) is 25.0 Å². The van der Waals surface area contributed by atoms with Gasteiger partial charge in [0.05, 0.1) is 21.2 Å². The van der Waals surface area contributed by atoms with Crippen LogP contribution >= 0.6 is 0 Å². The average molecular weight is 330 g/mol. The number of nitrogens with two attached hydrogens (primary N) is 1. The van der Waals surface area contributed by atoms with Crippen molar-refractivity contribution in [2.45, 2.75) is 13.8 Å². The molecule has 0 aliphatic rings. The number of aryl methyl sites for hydroxylation is 2. The van der Waals surface area contributed by atoms with Crippen molar-refractivity contribution in [3.63, 3.8) is 0 Å². The molecule has 0 aromatic heterocycles. The summed E-state index contributed by atoms with van der Waals surface area (Å²) < 4.78 is 0. The SMILES string of the molecule is Cc1ccc([N+](=O)[O-])cc1N(C(N)=O)c1cc([N+](=O)[O-])ccc1C. The van der Waals surface area contributed by atoms with Gasteiger partial charge < -0.3 is 5.73 Å². The van der Waals surface area contributed by atoms with Crippen molar-refractivity contribution in [1.82, 2.24) is 0 Å². The highest BCUT2D eigenvalue weighted by Gasteiger charge is 2.23. The number of nitrogens with zero attached hydrogens (tertiary/aromatic N) is 3. The van der Waals surface area contributed by atoms with Gasteiger partial charge >= 0.3 is 6.03 Å². The van der Waals surface area contributed by atoms with Crippen molar-refractivity contribution in [3.05, 3.63) is 67.8 Å². The molecule has 2 rings (SSSR count). The molecule has 2 aromatic carbocycles. The van der Waals surface area contributed by atoms with Crippen LogP contribution in [-0.4, -0.2) is 15.9 Å². The zero-order chi connectivity index (χ0) is 18.0. The summed E-state index contributed by atoms with van der Waals surface area (Å²) in [5.41, 5.74) is 6.51. The molecule has 9 heteroatoms. The van der Waals surface area contributed by atoms with Gasteiger partial charge in [0.2, 0.25) is 0 Å². The monoisotopic (exact) mass is 330 g/mol. The number of nitro benzene ring substituents is 2. The summed E-state index contributed by atoms with van der Waals surface area (Å²) in [6.45, 7) is 3.31. The summed E-state index contributed by atoms with van der Waals surface area (Å²) in [4.78, 5) is 33.8. The number of hydrogen-bond acceptors (Lipinski definition) is 5. The predicted molar refractivity (Wildman–Crippen MR) is 87.4 cm³/mol. The zero-order valence-corrected chi connectivity index (χ0v) is 12.9. The fourth-order valence-electron chi connectivity index (χ4n) is 2.27. The van der Waals surface area contributed by atoms with Crippen LogP contribution in [0.2, 0.25) is 0 Å². The van der Waals surface area contributed by atoms with E-state index in [1.165, 1.54) is 36.4 Å². The third-order valence-electron chi connectivity index (χ3n) is 3.51. The van der Waals surface area contributed by atoms with Gasteiger partial charge in [0.25, 0.3) is 11.4 Å². The fraction of sp³-hybridized carbons (Fsp3) is 0.133. The van der Waals surface area contributed by atoms with Gasteiger partial charge in [0, 0.05) is 24.3 Å². The number of anilines is 2. The number of nitro groups is 2. The smallest absolute Gasteiger partial charge is 0.323 e. The Kier molecular flexibility index (Phi) is 4.45. The summed E-state index contributed by atoms with van der Waals surface area (Å²) in [5, 5.41) is 22.0. The average Bonchev–Trinajstić information content (AvgIpc) is 2.50. The lowest BCUT2D eigenvalue weighted by molar-refractivity contribution is -0.384. The van der Waals surface area contributed by atoms with E-state index in [4.69, 9.17) is 5.73 Å². The lowest BCUT2D eigenvalue weighted by Crippen LogP contribution is -2.32. The first-order chi connectivity index (χ1) is 11.2. The normalized spacial score (nSPS) is 10.2. The molecule has 9 nitrogen and oxygen atoms in total. The lowest BCUT2D eigenvalue weighted by Gasteiger charge is -2.23. The quantitative estimate of drug-likeness (QED) is 0.678. The van der Waals surface area contributed by atoms with Crippen LogP contribution in [0.5, 0.6) is 0 Å². The second-order valence-corrected chi connectivity index (χ2v) is 5.13. The summed E-state index contributed by atoms with van der Waals surface area (Å²) >= 11 is 0. The fourth-order valence-corrected chi connectivity index (χ4v) is 2.27. The Labute approximate surface area is 136 Å². The van der Waals surface area contributed by atoms with Crippen LogP contribution in [-0.2, 0) is 0 Å². The largest absolute Gasteiger partial charge is 0.351 e. The molecule has 2 N–H and O–H groups in total. The molecule has 0 atom stereocenters. The summed E-state index contributed by atoms with van der Waals surface area (Å²) in [7, 11) is 0. The number of benzene rings is 2. The summed E-state index contributed by atoms with van der Waals surface area (Å²) in [6, 6.07) is 7.08. The molecular formula is C15H14N4O5. The topological polar surface area (TPSA) is 133 Å². The third kappa shape index (κ3) is 3.14. The van der Waals surface area contributed by atoms with Gasteiger partial charge in [0.1, 0.15) is 0 Å². The molecule has 2 aromatic rings. The van der Waals surface area contributed by atoms with E-state index in [2.05, 4.69) is 0 Å². The maximum Gasteiger partial charge on any atom is 0.323 e. The van der Waals surface area contributed by atoms with E-state index in [0.29, 0.717) is 11.1 Å². The summed E-state index contributed by atoms with van der Waals surface area (Å²) in [6.07, 6.45) is 0. The molecule has 2 amide bonds. The second-order valence-electron chi connectivity index (χ2n) is 5.13. The number of hydrogen-bond donors (Lipinski definition) is 1. The Morgan fingerprint density at radius 1 is 0.917 bits per heavy atom.